The molecule has 0 atom stereocenters. The van der Waals surface area contributed by atoms with Gasteiger partial charge in [0.15, 0.2) is 0 Å². The number of hydrogen-bond donors (Lipinski definition) is 1. The lowest BCUT2D eigenvalue weighted by Gasteiger charge is -2.39. The van der Waals surface area contributed by atoms with Gasteiger partial charge >= 0.3 is 0 Å². The third-order valence-electron chi connectivity index (χ3n) is 2.98. The van der Waals surface area contributed by atoms with Crippen LogP contribution in [-0.2, 0) is 0 Å². The summed E-state index contributed by atoms with van der Waals surface area (Å²) in [7, 11) is 0. The number of nitrogens with zero attached hydrogens (tertiary/aromatic N) is 1. The Hall–Kier alpha value is -0.0800. The number of nitrogens with one attached hydrogen (secondary N) is 1. The van der Waals surface area contributed by atoms with E-state index >= 15 is 0 Å². The SMILES string of the molecule is CCCCCCN1CCNC(C)(C)C1. The number of rotatable bonds is 5. The smallest absolute Gasteiger partial charge is 0.0252 e. The third kappa shape index (κ3) is 4.43. The summed E-state index contributed by atoms with van der Waals surface area (Å²) in [6.07, 6.45) is 5.52. The molecule has 0 saturated carbocycles. The lowest BCUT2D eigenvalue weighted by atomic mass is 10.0. The van der Waals surface area contributed by atoms with Gasteiger partial charge in [-0.25, -0.2) is 0 Å². The molecule has 1 fully saturated rings. The fourth-order valence-corrected chi connectivity index (χ4v) is 2.20. The Balaban J connectivity index is 2.12. The summed E-state index contributed by atoms with van der Waals surface area (Å²) in [6.45, 7) is 11.8. The molecule has 14 heavy (non-hydrogen) atoms. The lowest BCUT2D eigenvalue weighted by Crippen LogP contribution is -2.57. The molecule has 0 bridgehead atoms. The van der Waals surface area contributed by atoms with Crippen LogP contribution in [0.25, 0.3) is 0 Å². The molecule has 1 saturated heterocycles. The summed E-state index contributed by atoms with van der Waals surface area (Å²) in [4.78, 5) is 2.60. The van der Waals surface area contributed by atoms with Crippen molar-refractivity contribution in [3.63, 3.8) is 0 Å². The monoisotopic (exact) mass is 198 g/mol. The van der Waals surface area contributed by atoms with Crippen LogP contribution >= 0.6 is 0 Å². The summed E-state index contributed by atoms with van der Waals surface area (Å²) < 4.78 is 0. The first-order chi connectivity index (χ1) is 6.64. The molecule has 0 spiro atoms. The standard InChI is InChI=1S/C12H26N2/c1-4-5-6-7-9-14-10-8-13-12(2,3)11-14/h13H,4-11H2,1-3H3. The predicted molar refractivity (Wildman–Crippen MR) is 62.7 cm³/mol. The first-order valence-corrected chi connectivity index (χ1v) is 6.11. The van der Waals surface area contributed by atoms with Crippen molar-refractivity contribution in [3.8, 4) is 0 Å². The van der Waals surface area contributed by atoms with E-state index in [2.05, 4.69) is 31.0 Å². The van der Waals surface area contributed by atoms with E-state index in [4.69, 9.17) is 0 Å². The van der Waals surface area contributed by atoms with E-state index in [1.807, 2.05) is 0 Å². The molecule has 2 nitrogen and oxygen atoms in total. The van der Waals surface area contributed by atoms with Crippen LogP contribution < -0.4 is 5.32 Å². The second-order valence-electron chi connectivity index (χ2n) is 5.15. The van der Waals surface area contributed by atoms with Crippen molar-refractivity contribution in [2.75, 3.05) is 26.2 Å². The van der Waals surface area contributed by atoms with Gasteiger partial charge < -0.3 is 10.2 Å². The Morgan fingerprint density at radius 1 is 1.21 bits per heavy atom. The minimum absolute atomic E-state index is 0.322. The molecule has 0 unspecified atom stereocenters. The van der Waals surface area contributed by atoms with Crippen molar-refractivity contribution in [2.45, 2.75) is 52.0 Å². The van der Waals surface area contributed by atoms with Crippen LogP contribution in [-0.4, -0.2) is 36.6 Å². The van der Waals surface area contributed by atoms with E-state index in [0.717, 1.165) is 6.54 Å². The van der Waals surface area contributed by atoms with Gasteiger partial charge in [-0.1, -0.05) is 26.2 Å². The highest BCUT2D eigenvalue weighted by atomic mass is 15.2. The quantitative estimate of drug-likeness (QED) is 0.682. The zero-order valence-corrected chi connectivity index (χ0v) is 10.1. The van der Waals surface area contributed by atoms with Crippen molar-refractivity contribution in [1.29, 1.82) is 0 Å². The molecule has 0 aromatic carbocycles. The average molecular weight is 198 g/mol. The molecular formula is C12H26N2. The van der Waals surface area contributed by atoms with Crippen LogP contribution in [0, 0.1) is 0 Å². The normalized spacial score (nSPS) is 22.5. The average Bonchev–Trinajstić information content (AvgIpc) is 2.11. The van der Waals surface area contributed by atoms with Crippen molar-refractivity contribution in [1.82, 2.24) is 10.2 Å². The number of unbranched alkanes of at least 4 members (excludes halogenated alkanes) is 3. The first-order valence-electron chi connectivity index (χ1n) is 6.11. The minimum atomic E-state index is 0.322. The van der Waals surface area contributed by atoms with Gasteiger partial charge in [0.1, 0.15) is 0 Å². The van der Waals surface area contributed by atoms with Gasteiger partial charge in [-0.3, -0.25) is 0 Å². The van der Waals surface area contributed by atoms with Gasteiger partial charge in [-0.15, -0.1) is 0 Å². The molecule has 1 aliphatic heterocycles. The van der Waals surface area contributed by atoms with E-state index in [1.54, 1.807) is 0 Å². The van der Waals surface area contributed by atoms with Crippen LogP contribution in [0.3, 0.4) is 0 Å². The molecule has 2 heteroatoms. The Kier molecular flexibility index (Phi) is 4.90. The lowest BCUT2D eigenvalue weighted by molar-refractivity contribution is 0.152. The largest absolute Gasteiger partial charge is 0.309 e. The highest BCUT2D eigenvalue weighted by molar-refractivity contribution is 4.86. The van der Waals surface area contributed by atoms with Crippen molar-refractivity contribution >= 4 is 0 Å². The van der Waals surface area contributed by atoms with Gasteiger partial charge in [0.25, 0.3) is 0 Å². The highest BCUT2D eigenvalue weighted by Crippen LogP contribution is 2.11. The molecule has 0 aromatic rings. The fraction of sp³-hybridized carbons (Fsp3) is 1.00. The van der Waals surface area contributed by atoms with Gasteiger partial charge in [0, 0.05) is 25.2 Å². The van der Waals surface area contributed by atoms with Crippen LogP contribution in [0.4, 0.5) is 0 Å². The zero-order valence-electron chi connectivity index (χ0n) is 10.1. The molecule has 0 amide bonds. The second kappa shape index (κ2) is 5.72. The van der Waals surface area contributed by atoms with Crippen LogP contribution in [0.2, 0.25) is 0 Å². The Bertz CT molecular complexity index is 154. The van der Waals surface area contributed by atoms with Crippen molar-refractivity contribution < 1.29 is 0 Å². The summed E-state index contributed by atoms with van der Waals surface area (Å²) in [6, 6.07) is 0. The maximum Gasteiger partial charge on any atom is 0.0252 e. The first kappa shape index (κ1) is 12.0. The van der Waals surface area contributed by atoms with Crippen LogP contribution in [0.15, 0.2) is 0 Å². The molecule has 84 valence electrons. The van der Waals surface area contributed by atoms with E-state index in [0.29, 0.717) is 5.54 Å². The topological polar surface area (TPSA) is 15.3 Å². The Morgan fingerprint density at radius 2 is 2.00 bits per heavy atom. The van der Waals surface area contributed by atoms with E-state index in [9.17, 15) is 0 Å². The molecule has 1 heterocycles. The second-order valence-corrected chi connectivity index (χ2v) is 5.15. The highest BCUT2D eigenvalue weighted by Gasteiger charge is 2.24. The summed E-state index contributed by atoms with van der Waals surface area (Å²) in [5, 5.41) is 3.55. The molecular weight excluding hydrogens is 172 g/mol. The summed E-state index contributed by atoms with van der Waals surface area (Å²) in [5.74, 6) is 0. The van der Waals surface area contributed by atoms with Crippen LogP contribution in [0.5, 0.6) is 0 Å². The molecule has 1 N–H and O–H groups in total. The molecule has 1 rings (SSSR count). The predicted octanol–water partition coefficient (Wildman–Crippen LogP) is 2.25. The molecule has 1 aliphatic rings. The zero-order chi connectivity index (χ0) is 10.4. The third-order valence-corrected chi connectivity index (χ3v) is 2.98. The summed E-state index contributed by atoms with van der Waals surface area (Å²) in [5.41, 5.74) is 0.322. The fourth-order valence-electron chi connectivity index (χ4n) is 2.20. The molecule has 0 aromatic heterocycles. The van der Waals surface area contributed by atoms with Gasteiger partial charge in [0.05, 0.1) is 0 Å². The summed E-state index contributed by atoms with van der Waals surface area (Å²) >= 11 is 0. The molecule has 0 aliphatic carbocycles. The van der Waals surface area contributed by atoms with Gasteiger partial charge in [-0.2, -0.15) is 0 Å². The Labute approximate surface area is 89.1 Å². The van der Waals surface area contributed by atoms with Crippen molar-refractivity contribution in [2.24, 2.45) is 0 Å². The van der Waals surface area contributed by atoms with Crippen LogP contribution in [0.1, 0.15) is 46.5 Å². The maximum atomic E-state index is 3.55. The Morgan fingerprint density at radius 3 is 2.64 bits per heavy atom. The number of hydrogen-bond acceptors (Lipinski definition) is 2. The van der Waals surface area contributed by atoms with Gasteiger partial charge in [-0.05, 0) is 26.8 Å². The van der Waals surface area contributed by atoms with Crippen molar-refractivity contribution in [3.05, 3.63) is 0 Å². The van der Waals surface area contributed by atoms with E-state index < -0.39 is 0 Å². The molecule has 0 radical (unpaired) electrons. The van der Waals surface area contributed by atoms with E-state index in [1.165, 1.54) is 45.3 Å². The minimum Gasteiger partial charge on any atom is -0.309 e. The maximum absolute atomic E-state index is 3.55. The van der Waals surface area contributed by atoms with Gasteiger partial charge in [0.2, 0.25) is 0 Å². The number of piperazine rings is 1. The van der Waals surface area contributed by atoms with E-state index in [-0.39, 0.29) is 0 Å².